The molecule has 1 aromatic carbocycles. The summed E-state index contributed by atoms with van der Waals surface area (Å²) in [5.41, 5.74) is 0.708. The molecule has 0 aromatic heterocycles. The van der Waals surface area contributed by atoms with Crippen molar-refractivity contribution < 1.29 is 14.3 Å². The molecule has 0 atom stereocenters. The zero-order valence-electron chi connectivity index (χ0n) is 16.0. The van der Waals surface area contributed by atoms with E-state index in [1.54, 1.807) is 0 Å². The summed E-state index contributed by atoms with van der Waals surface area (Å²) < 4.78 is 11.1. The van der Waals surface area contributed by atoms with Crippen LogP contribution >= 0.6 is 0 Å². The van der Waals surface area contributed by atoms with Crippen molar-refractivity contribution in [3.05, 3.63) is 29.8 Å². The van der Waals surface area contributed by atoms with Gasteiger partial charge in [0.25, 0.3) is 0 Å². The van der Waals surface area contributed by atoms with Crippen molar-refractivity contribution in [3.8, 4) is 5.75 Å². The molecular formula is C20H32N2O3. The second kappa shape index (κ2) is 9.09. The maximum absolute atomic E-state index is 11.6. The van der Waals surface area contributed by atoms with Crippen LogP contribution < -0.4 is 10.1 Å². The van der Waals surface area contributed by atoms with Gasteiger partial charge in [0.05, 0.1) is 6.61 Å². The highest BCUT2D eigenvalue weighted by molar-refractivity contribution is 5.67. The number of carbonyl (C=O) groups excluding carboxylic acids is 1. The first-order valence-corrected chi connectivity index (χ1v) is 9.19. The molecular weight excluding hydrogens is 316 g/mol. The first-order valence-electron chi connectivity index (χ1n) is 9.19. The van der Waals surface area contributed by atoms with Crippen LogP contribution in [0.3, 0.4) is 0 Å². The fourth-order valence-corrected chi connectivity index (χ4v) is 2.82. The summed E-state index contributed by atoms with van der Waals surface area (Å²) in [6.45, 7) is 9.26. The SMILES string of the molecule is CN1CCC(COc2ccc(CCNC(=O)OC(C)(C)C)cc2)CC1. The average molecular weight is 348 g/mol. The van der Waals surface area contributed by atoms with E-state index in [2.05, 4.69) is 29.4 Å². The molecule has 25 heavy (non-hydrogen) atoms. The van der Waals surface area contributed by atoms with Crippen molar-refractivity contribution in [2.45, 2.75) is 45.6 Å². The van der Waals surface area contributed by atoms with Gasteiger partial charge in [0.15, 0.2) is 0 Å². The summed E-state index contributed by atoms with van der Waals surface area (Å²) in [6.07, 6.45) is 2.83. The summed E-state index contributed by atoms with van der Waals surface area (Å²) in [6, 6.07) is 8.14. The minimum absolute atomic E-state index is 0.370. The van der Waals surface area contributed by atoms with E-state index >= 15 is 0 Å². The van der Waals surface area contributed by atoms with Crippen LogP contribution in [0.25, 0.3) is 0 Å². The fourth-order valence-electron chi connectivity index (χ4n) is 2.82. The van der Waals surface area contributed by atoms with E-state index < -0.39 is 5.60 Å². The number of hydrogen-bond donors (Lipinski definition) is 1. The number of amides is 1. The molecule has 0 spiro atoms. The zero-order chi connectivity index (χ0) is 18.3. The van der Waals surface area contributed by atoms with Gasteiger partial charge in [-0.15, -0.1) is 0 Å². The Balaban J connectivity index is 1.66. The zero-order valence-corrected chi connectivity index (χ0v) is 16.0. The van der Waals surface area contributed by atoms with E-state index in [0.29, 0.717) is 12.5 Å². The lowest BCUT2D eigenvalue weighted by molar-refractivity contribution is 0.0528. The number of alkyl carbamates (subject to hydrolysis) is 1. The van der Waals surface area contributed by atoms with Crippen molar-refractivity contribution in [1.82, 2.24) is 10.2 Å². The number of nitrogens with zero attached hydrogens (tertiary/aromatic N) is 1. The number of rotatable bonds is 6. The van der Waals surface area contributed by atoms with Crippen LogP contribution in [0.1, 0.15) is 39.2 Å². The Morgan fingerprint density at radius 2 is 1.84 bits per heavy atom. The topological polar surface area (TPSA) is 50.8 Å². The molecule has 1 aliphatic heterocycles. The Kier molecular flexibility index (Phi) is 7.12. The smallest absolute Gasteiger partial charge is 0.407 e. The van der Waals surface area contributed by atoms with Crippen molar-refractivity contribution in [2.24, 2.45) is 5.92 Å². The van der Waals surface area contributed by atoms with E-state index in [-0.39, 0.29) is 6.09 Å². The van der Waals surface area contributed by atoms with Gasteiger partial charge in [-0.1, -0.05) is 12.1 Å². The van der Waals surface area contributed by atoms with Gasteiger partial charge in [-0.05, 0) is 83.8 Å². The molecule has 1 saturated heterocycles. The number of piperidine rings is 1. The third-order valence-corrected chi connectivity index (χ3v) is 4.33. The predicted molar refractivity (Wildman–Crippen MR) is 100 cm³/mol. The first-order chi connectivity index (χ1) is 11.8. The lowest BCUT2D eigenvalue weighted by atomic mass is 9.98. The van der Waals surface area contributed by atoms with Crippen LogP contribution in [0.2, 0.25) is 0 Å². The summed E-state index contributed by atoms with van der Waals surface area (Å²) >= 11 is 0. The highest BCUT2D eigenvalue weighted by atomic mass is 16.6. The van der Waals surface area contributed by atoms with Gasteiger partial charge in [0.1, 0.15) is 11.4 Å². The van der Waals surface area contributed by atoms with Crippen molar-refractivity contribution in [3.63, 3.8) is 0 Å². The first kappa shape index (κ1) is 19.6. The minimum Gasteiger partial charge on any atom is -0.493 e. The quantitative estimate of drug-likeness (QED) is 0.855. The van der Waals surface area contributed by atoms with Crippen molar-refractivity contribution >= 4 is 6.09 Å². The van der Waals surface area contributed by atoms with Gasteiger partial charge < -0.3 is 19.7 Å². The van der Waals surface area contributed by atoms with Crippen molar-refractivity contribution in [2.75, 3.05) is 33.3 Å². The maximum atomic E-state index is 11.6. The van der Waals surface area contributed by atoms with Gasteiger partial charge in [-0.2, -0.15) is 0 Å². The molecule has 0 saturated carbocycles. The highest BCUT2D eigenvalue weighted by Gasteiger charge is 2.17. The molecule has 0 bridgehead atoms. The van der Waals surface area contributed by atoms with Crippen LogP contribution in [-0.4, -0.2) is 49.9 Å². The van der Waals surface area contributed by atoms with E-state index in [1.807, 2.05) is 32.9 Å². The van der Waals surface area contributed by atoms with Gasteiger partial charge in [0, 0.05) is 6.54 Å². The standard InChI is InChI=1S/C20H32N2O3/c1-20(2,3)25-19(23)21-12-9-16-5-7-18(8-6-16)24-15-17-10-13-22(4)14-11-17/h5-8,17H,9-15H2,1-4H3,(H,21,23). The largest absolute Gasteiger partial charge is 0.493 e. The van der Waals surface area contributed by atoms with Gasteiger partial charge >= 0.3 is 6.09 Å². The normalized spacial score (nSPS) is 16.5. The summed E-state index contributed by atoms with van der Waals surface area (Å²) in [5, 5.41) is 2.78. The monoisotopic (exact) mass is 348 g/mol. The number of hydrogen-bond acceptors (Lipinski definition) is 4. The molecule has 1 N–H and O–H groups in total. The average Bonchev–Trinajstić information content (AvgIpc) is 2.54. The second-order valence-corrected chi connectivity index (χ2v) is 7.88. The number of ether oxygens (including phenoxy) is 2. The van der Waals surface area contributed by atoms with E-state index in [4.69, 9.17) is 9.47 Å². The Morgan fingerprint density at radius 1 is 1.20 bits per heavy atom. The molecule has 1 heterocycles. The maximum Gasteiger partial charge on any atom is 0.407 e. The lowest BCUT2D eigenvalue weighted by Crippen LogP contribution is -2.33. The molecule has 140 valence electrons. The number of benzene rings is 1. The van der Waals surface area contributed by atoms with E-state index in [9.17, 15) is 4.79 Å². The van der Waals surface area contributed by atoms with Gasteiger partial charge in [-0.25, -0.2) is 4.79 Å². The molecule has 1 amide bonds. The summed E-state index contributed by atoms with van der Waals surface area (Å²) in [4.78, 5) is 14.0. The Hall–Kier alpha value is -1.75. The van der Waals surface area contributed by atoms with E-state index in [1.165, 1.54) is 18.4 Å². The summed E-state index contributed by atoms with van der Waals surface area (Å²) in [5.74, 6) is 1.58. The Morgan fingerprint density at radius 3 is 2.44 bits per heavy atom. The molecule has 1 aromatic rings. The van der Waals surface area contributed by atoms with Gasteiger partial charge in [-0.3, -0.25) is 0 Å². The van der Waals surface area contributed by atoms with Crippen LogP contribution in [0, 0.1) is 5.92 Å². The molecule has 2 rings (SSSR count). The van der Waals surface area contributed by atoms with Crippen LogP contribution in [-0.2, 0) is 11.2 Å². The third-order valence-electron chi connectivity index (χ3n) is 4.33. The Labute approximate surface area is 151 Å². The lowest BCUT2D eigenvalue weighted by Gasteiger charge is -2.28. The minimum atomic E-state index is -0.461. The number of carbonyl (C=O) groups is 1. The fraction of sp³-hybridized carbons (Fsp3) is 0.650. The molecule has 0 aliphatic carbocycles. The van der Waals surface area contributed by atoms with Crippen molar-refractivity contribution in [1.29, 1.82) is 0 Å². The van der Waals surface area contributed by atoms with Crippen LogP contribution in [0.15, 0.2) is 24.3 Å². The molecule has 0 radical (unpaired) electrons. The van der Waals surface area contributed by atoms with Crippen LogP contribution in [0.4, 0.5) is 4.79 Å². The molecule has 1 fully saturated rings. The highest BCUT2D eigenvalue weighted by Crippen LogP contribution is 2.19. The molecule has 1 aliphatic rings. The summed E-state index contributed by atoms with van der Waals surface area (Å²) in [7, 11) is 2.17. The Bertz CT molecular complexity index is 529. The van der Waals surface area contributed by atoms with Crippen LogP contribution in [0.5, 0.6) is 5.75 Å². The molecule has 5 heteroatoms. The molecule has 0 unspecified atom stereocenters. The van der Waals surface area contributed by atoms with E-state index in [0.717, 1.165) is 31.9 Å². The third kappa shape index (κ3) is 7.78. The number of likely N-dealkylation sites (tertiary alicyclic amines) is 1. The predicted octanol–water partition coefficient (Wildman–Crippen LogP) is 3.47. The molecule has 5 nitrogen and oxygen atoms in total. The number of nitrogens with one attached hydrogen (secondary N) is 1. The van der Waals surface area contributed by atoms with Gasteiger partial charge in [0.2, 0.25) is 0 Å². The second-order valence-electron chi connectivity index (χ2n) is 7.88.